The quantitative estimate of drug-likeness (QED) is 0.512. The molecule has 142 valence electrons. The topological polar surface area (TPSA) is 64.7 Å². The number of carbonyl (C=O) groups is 1. The van der Waals surface area contributed by atoms with Crippen LogP contribution in [0.2, 0.25) is 0 Å². The Balaban J connectivity index is 1.46. The average Bonchev–Trinajstić information content (AvgIpc) is 3.22. The summed E-state index contributed by atoms with van der Waals surface area (Å²) >= 11 is 3.43. The first kappa shape index (κ1) is 18.4. The van der Waals surface area contributed by atoms with E-state index in [0.717, 1.165) is 32.7 Å². The monoisotopic (exact) mass is 437 g/mol. The molecule has 0 bridgehead atoms. The number of rotatable bonds is 5. The molecule has 28 heavy (non-hydrogen) atoms. The Hall–Kier alpha value is -2.93. The van der Waals surface area contributed by atoms with Crippen molar-refractivity contribution in [2.45, 2.75) is 20.4 Å². The molecule has 1 amide bonds. The lowest BCUT2D eigenvalue weighted by Crippen LogP contribution is -2.27. The molecule has 0 aliphatic heterocycles. The van der Waals surface area contributed by atoms with Crippen molar-refractivity contribution in [3.63, 3.8) is 0 Å². The molecule has 0 aliphatic rings. The smallest absolute Gasteiger partial charge is 0.254 e. The van der Waals surface area contributed by atoms with Gasteiger partial charge in [-0.25, -0.2) is 9.67 Å². The summed E-state index contributed by atoms with van der Waals surface area (Å²) in [7, 11) is 0. The molecule has 0 saturated carbocycles. The summed E-state index contributed by atoms with van der Waals surface area (Å²) in [5.74, 6) is 0.817. The minimum Gasteiger partial charge on any atom is -0.350 e. The van der Waals surface area contributed by atoms with E-state index >= 15 is 0 Å². The molecule has 0 aliphatic carbocycles. The Kier molecular flexibility index (Phi) is 5.00. The molecule has 0 spiro atoms. The summed E-state index contributed by atoms with van der Waals surface area (Å²) in [6.07, 6.45) is 1.62. The lowest BCUT2D eigenvalue weighted by molar-refractivity contribution is 0.0951. The van der Waals surface area contributed by atoms with Gasteiger partial charge < -0.3 is 9.88 Å². The molecule has 4 rings (SSSR count). The van der Waals surface area contributed by atoms with Crippen LogP contribution in [0.15, 0.2) is 59.2 Å². The zero-order chi connectivity index (χ0) is 19.7. The first-order valence-corrected chi connectivity index (χ1v) is 9.84. The Morgan fingerprint density at radius 1 is 1.11 bits per heavy atom. The van der Waals surface area contributed by atoms with Crippen LogP contribution in [0.3, 0.4) is 0 Å². The Morgan fingerprint density at radius 3 is 2.64 bits per heavy atom. The first-order valence-electron chi connectivity index (χ1n) is 9.05. The van der Waals surface area contributed by atoms with E-state index in [1.54, 1.807) is 10.9 Å². The van der Waals surface area contributed by atoms with Crippen LogP contribution in [0.25, 0.3) is 16.7 Å². The highest BCUT2D eigenvalue weighted by molar-refractivity contribution is 9.10. The van der Waals surface area contributed by atoms with Gasteiger partial charge in [0.2, 0.25) is 0 Å². The van der Waals surface area contributed by atoms with E-state index < -0.39 is 0 Å². The van der Waals surface area contributed by atoms with E-state index in [1.807, 2.05) is 62.4 Å². The van der Waals surface area contributed by atoms with Gasteiger partial charge in [0.15, 0.2) is 0 Å². The van der Waals surface area contributed by atoms with Gasteiger partial charge in [0.1, 0.15) is 5.82 Å². The lowest BCUT2D eigenvalue weighted by Gasteiger charge is -2.09. The number of aromatic nitrogens is 4. The number of aryl methyl sites for hydroxylation is 1. The van der Waals surface area contributed by atoms with Gasteiger partial charge in [0.25, 0.3) is 5.91 Å². The molecule has 0 saturated heterocycles. The average molecular weight is 438 g/mol. The number of nitrogens with zero attached hydrogens (tertiary/aromatic N) is 4. The molecule has 0 fully saturated rings. The Morgan fingerprint density at radius 2 is 1.86 bits per heavy atom. The number of carbonyl (C=O) groups excluding carboxylic acids is 1. The first-order chi connectivity index (χ1) is 13.5. The second-order valence-electron chi connectivity index (χ2n) is 6.59. The Labute approximate surface area is 171 Å². The highest BCUT2D eigenvalue weighted by Crippen LogP contribution is 2.18. The third-order valence-corrected chi connectivity index (χ3v) is 5.32. The van der Waals surface area contributed by atoms with Crippen molar-refractivity contribution in [3.05, 3.63) is 76.3 Å². The highest BCUT2D eigenvalue weighted by Gasteiger charge is 2.15. The van der Waals surface area contributed by atoms with Crippen molar-refractivity contribution in [2.24, 2.45) is 0 Å². The number of para-hydroxylation sites is 2. The van der Waals surface area contributed by atoms with Crippen molar-refractivity contribution in [3.8, 4) is 5.69 Å². The second kappa shape index (κ2) is 7.59. The molecule has 0 atom stereocenters. The van der Waals surface area contributed by atoms with E-state index in [-0.39, 0.29) is 5.91 Å². The van der Waals surface area contributed by atoms with Crippen LogP contribution in [0.1, 0.15) is 21.9 Å². The fourth-order valence-electron chi connectivity index (χ4n) is 3.33. The number of amides is 1. The van der Waals surface area contributed by atoms with Gasteiger partial charge in [-0.05, 0) is 50.2 Å². The summed E-state index contributed by atoms with van der Waals surface area (Å²) in [5, 5.41) is 7.37. The van der Waals surface area contributed by atoms with E-state index in [2.05, 4.69) is 35.9 Å². The van der Waals surface area contributed by atoms with Gasteiger partial charge >= 0.3 is 0 Å². The zero-order valence-electron chi connectivity index (χ0n) is 15.7. The van der Waals surface area contributed by atoms with Gasteiger partial charge in [0, 0.05) is 17.6 Å². The SMILES string of the molecule is Cc1c(C(=O)NCCn2c(C)nc3ccccc32)cnn1-c1ccc(Br)cc1. The van der Waals surface area contributed by atoms with Crippen molar-refractivity contribution in [2.75, 3.05) is 6.54 Å². The molecule has 1 N–H and O–H groups in total. The molecule has 0 radical (unpaired) electrons. The molecule has 0 unspecified atom stereocenters. The van der Waals surface area contributed by atoms with Crippen molar-refractivity contribution >= 4 is 32.9 Å². The van der Waals surface area contributed by atoms with Crippen molar-refractivity contribution < 1.29 is 4.79 Å². The predicted octanol–water partition coefficient (Wildman–Crippen LogP) is 4.03. The van der Waals surface area contributed by atoms with Gasteiger partial charge in [-0.3, -0.25) is 4.79 Å². The maximum atomic E-state index is 12.6. The number of imidazole rings is 1. The van der Waals surface area contributed by atoms with Gasteiger partial charge in [-0.2, -0.15) is 5.10 Å². The molecule has 2 aromatic carbocycles. The molecule has 2 aromatic heterocycles. The number of hydrogen-bond acceptors (Lipinski definition) is 3. The van der Waals surface area contributed by atoms with Gasteiger partial charge in [-0.15, -0.1) is 0 Å². The number of hydrogen-bond donors (Lipinski definition) is 1. The van der Waals surface area contributed by atoms with Crippen LogP contribution in [0.5, 0.6) is 0 Å². The lowest BCUT2D eigenvalue weighted by atomic mass is 10.2. The number of benzene rings is 2. The molecule has 2 heterocycles. The maximum Gasteiger partial charge on any atom is 0.254 e. The van der Waals surface area contributed by atoms with Crippen LogP contribution < -0.4 is 5.32 Å². The summed E-state index contributed by atoms with van der Waals surface area (Å²) < 4.78 is 4.89. The largest absolute Gasteiger partial charge is 0.350 e. The maximum absolute atomic E-state index is 12.6. The predicted molar refractivity (Wildman–Crippen MR) is 113 cm³/mol. The summed E-state index contributed by atoms with van der Waals surface area (Å²) in [6, 6.07) is 15.8. The van der Waals surface area contributed by atoms with Crippen molar-refractivity contribution in [1.29, 1.82) is 0 Å². The highest BCUT2D eigenvalue weighted by atomic mass is 79.9. The van der Waals surface area contributed by atoms with E-state index in [4.69, 9.17) is 0 Å². The van der Waals surface area contributed by atoms with Crippen LogP contribution >= 0.6 is 15.9 Å². The summed E-state index contributed by atoms with van der Waals surface area (Å²) in [5.41, 5.74) is 4.35. The van der Waals surface area contributed by atoms with Gasteiger partial charge in [0.05, 0.1) is 34.2 Å². The molecular formula is C21H20BrN5O. The van der Waals surface area contributed by atoms with Crippen LogP contribution in [-0.4, -0.2) is 31.8 Å². The number of fused-ring (bicyclic) bond motifs is 1. The molecule has 6 nitrogen and oxygen atoms in total. The second-order valence-corrected chi connectivity index (χ2v) is 7.50. The fourth-order valence-corrected chi connectivity index (χ4v) is 3.59. The van der Waals surface area contributed by atoms with Crippen LogP contribution in [0, 0.1) is 13.8 Å². The van der Waals surface area contributed by atoms with Gasteiger partial charge in [-0.1, -0.05) is 28.1 Å². The van der Waals surface area contributed by atoms with Crippen LogP contribution in [0.4, 0.5) is 0 Å². The third-order valence-electron chi connectivity index (χ3n) is 4.79. The van der Waals surface area contributed by atoms with Crippen LogP contribution in [-0.2, 0) is 6.54 Å². The minimum absolute atomic E-state index is 0.122. The summed E-state index contributed by atoms with van der Waals surface area (Å²) in [6.45, 7) is 5.06. The minimum atomic E-state index is -0.122. The molecular weight excluding hydrogens is 418 g/mol. The Bertz CT molecular complexity index is 1140. The standard InChI is InChI=1S/C21H20BrN5O/c1-14-18(13-24-27(14)17-9-7-16(22)8-10-17)21(28)23-11-12-26-15(2)25-19-5-3-4-6-20(19)26/h3-10,13H,11-12H2,1-2H3,(H,23,28). The zero-order valence-corrected chi connectivity index (χ0v) is 17.3. The molecule has 4 aromatic rings. The number of nitrogens with one attached hydrogen (secondary N) is 1. The van der Waals surface area contributed by atoms with Crippen molar-refractivity contribution in [1.82, 2.24) is 24.6 Å². The summed E-state index contributed by atoms with van der Waals surface area (Å²) in [4.78, 5) is 17.2. The third kappa shape index (κ3) is 3.45. The fraction of sp³-hybridized carbons (Fsp3) is 0.190. The van der Waals surface area contributed by atoms with E-state index in [1.165, 1.54) is 0 Å². The molecule has 7 heteroatoms. The van der Waals surface area contributed by atoms with E-state index in [0.29, 0.717) is 18.7 Å². The van der Waals surface area contributed by atoms with E-state index in [9.17, 15) is 4.79 Å². The normalized spacial score (nSPS) is 11.1. The number of halogens is 1.